The zero-order valence-corrected chi connectivity index (χ0v) is 11.9. The smallest absolute Gasteiger partial charge is 0.126 e. The van der Waals surface area contributed by atoms with Crippen molar-refractivity contribution in [1.29, 1.82) is 0 Å². The second-order valence-corrected chi connectivity index (χ2v) is 6.53. The van der Waals surface area contributed by atoms with E-state index in [1.807, 2.05) is 24.3 Å². The van der Waals surface area contributed by atoms with Crippen molar-refractivity contribution < 1.29 is 9.52 Å². The van der Waals surface area contributed by atoms with Crippen molar-refractivity contribution in [3.05, 3.63) is 45.5 Å². The number of aliphatic hydroxyl groups is 1. The fourth-order valence-electron chi connectivity index (χ4n) is 1.63. The minimum absolute atomic E-state index is 0.0797. The summed E-state index contributed by atoms with van der Waals surface area (Å²) in [6, 6.07) is 7.52. The van der Waals surface area contributed by atoms with Crippen LogP contribution in [0.3, 0.4) is 0 Å². The summed E-state index contributed by atoms with van der Waals surface area (Å²) in [5, 5.41) is 13.1. The van der Waals surface area contributed by atoms with E-state index in [1.165, 1.54) is 11.3 Å². The highest BCUT2D eigenvalue weighted by molar-refractivity contribution is 7.16. The van der Waals surface area contributed by atoms with Crippen molar-refractivity contribution in [3.8, 4) is 0 Å². The van der Waals surface area contributed by atoms with Gasteiger partial charge in [0.1, 0.15) is 11.8 Å². The molecule has 0 aliphatic rings. The van der Waals surface area contributed by atoms with Gasteiger partial charge in [0.2, 0.25) is 0 Å². The van der Waals surface area contributed by atoms with Crippen LogP contribution in [0.15, 0.2) is 34.9 Å². The van der Waals surface area contributed by atoms with E-state index in [0.717, 1.165) is 15.0 Å². The van der Waals surface area contributed by atoms with Gasteiger partial charge in [0.25, 0.3) is 0 Å². The summed E-state index contributed by atoms with van der Waals surface area (Å²) in [6.07, 6.45) is 1.64. The quantitative estimate of drug-likeness (QED) is 0.884. The Morgan fingerprint density at radius 2 is 2.22 bits per heavy atom. The zero-order valence-electron chi connectivity index (χ0n) is 10.3. The molecule has 1 unspecified atom stereocenters. The third-order valence-electron chi connectivity index (χ3n) is 2.45. The van der Waals surface area contributed by atoms with E-state index in [0.29, 0.717) is 6.54 Å². The first-order chi connectivity index (χ1) is 8.46. The van der Waals surface area contributed by atoms with Crippen LogP contribution in [0.5, 0.6) is 0 Å². The van der Waals surface area contributed by atoms with Crippen LogP contribution < -0.4 is 5.32 Å². The minimum Gasteiger partial charge on any atom is -0.467 e. The Kier molecular flexibility index (Phi) is 4.12. The average molecular weight is 286 g/mol. The summed E-state index contributed by atoms with van der Waals surface area (Å²) in [4.78, 5) is 1.07. The topological polar surface area (TPSA) is 45.4 Å². The SMILES string of the molecule is CC(C)(O)CNC(c1ccco1)c1ccc(Cl)s1. The summed E-state index contributed by atoms with van der Waals surface area (Å²) in [5.74, 6) is 0.817. The third-order valence-corrected chi connectivity index (χ3v) is 3.74. The Morgan fingerprint density at radius 3 is 2.72 bits per heavy atom. The van der Waals surface area contributed by atoms with Gasteiger partial charge in [-0.2, -0.15) is 0 Å². The van der Waals surface area contributed by atoms with Gasteiger partial charge in [-0.25, -0.2) is 0 Å². The molecule has 0 saturated carbocycles. The molecule has 3 nitrogen and oxygen atoms in total. The van der Waals surface area contributed by atoms with Gasteiger partial charge in [0.05, 0.1) is 16.2 Å². The Hall–Kier alpha value is -0.810. The molecule has 2 aromatic rings. The van der Waals surface area contributed by atoms with Gasteiger partial charge in [-0.3, -0.25) is 0 Å². The van der Waals surface area contributed by atoms with Crippen LogP contribution in [0.2, 0.25) is 4.34 Å². The second-order valence-electron chi connectivity index (χ2n) is 4.78. The Bertz CT molecular complexity index is 487. The van der Waals surface area contributed by atoms with Crippen molar-refractivity contribution in [2.75, 3.05) is 6.54 Å². The molecule has 5 heteroatoms. The molecule has 2 N–H and O–H groups in total. The van der Waals surface area contributed by atoms with Crippen molar-refractivity contribution in [2.45, 2.75) is 25.5 Å². The molecule has 2 heterocycles. The van der Waals surface area contributed by atoms with Crippen LogP contribution >= 0.6 is 22.9 Å². The van der Waals surface area contributed by atoms with E-state index in [9.17, 15) is 5.11 Å². The molecule has 0 aliphatic carbocycles. The summed E-state index contributed by atoms with van der Waals surface area (Å²) in [7, 11) is 0. The van der Waals surface area contributed by atoms with Gasteiger partial charge in [-0.15, -0.1) is 11.3 Å². The molecule has 2 rings (SSSR count). The molecular weight excluding hydrogens is 270 g/mol. The first-order valence-corrected chi connectivity index (χ1v) is 6.89. The second kappa shape index (κ2) is 5.45. The third kappa shape index (κ3) is 3.59. The molecule has 2 aromatic heterocycles. The molecule has 98 valence electrons. The maximum Gasteiger partial charge on any atom is 0.126 e. The number of rotatable bonds is 5. The van der Waals surface area contributed by atoms with Crippen molar-refractivity contribution in [2.24, 2.45) is 0 Å². The summed E-state index contributed by atoms with van der Waals surface area (Å²) < 4.78 is 6.19. The number of thiophene rings is 1. The molecule has 0 spiro atoms. The lowest BCUT2D eigenvalue weighted by Gasteiger charge is -2.22. The standard InChI is InChI=1S/C13H16ClNO2S/c1-13(2,16)8-15-12(9-4-3-7-17-9)10-5-6-11(14)18-10/h3-7,12,15-16H,8H2,1-2H3. The van der Waals surface area contributed by atoms with E-state index in [-0.39, 0.29) is 6.04 Å². The average Bonchev–Trinajstić information content (AvgIpc) is 2.89. The molecule has 0 radical (unpaired) electrons. The number of furan rings is 1. The van der Waals surface area contributed by atoms with Crippen LogP contribution in [0.1, 0.15) is 30.5 Å². The van der Waals surface area contributed by atoms with Crippen molar-refractivity contribution in [3.63, 3.8) is 0 Å². The molecule has 0 aliphatic heterocycles. The highest BCUT2D eigenvalue weighted by Crippen LogP contribution is 2.31. The molecule has 0 bridgehead atoms. The molecule has 0 fully saturated rings. The van der Waals surface area contributed by atoms with E-state index < -0.39 is 5.60 Å². The number of halogens is 1. The summed E-state index contributed by atoms with van der Waals surface area (Å²) >= 11 is 7.47. The minimum atomic E-state index is -0.772. The molecule has 0 amide bonds. The van der Waals surface area contributed by atoms with Crippen LogP contribution in [-0.4, -0.2) is 17.3 Å². The first-order valence-electron chi connectivity index (χ1n) is 5.70. The maximum atomic E-state index is 9.80. The van der Waals surface area contributed by atoms with E-state index in [2.05, 4.69) is 5.32 Å². The van der Waals surface area contributed by atoms with E-state index in [4.69, 9.17) is 16.0 Å². The molecular formula is C13H16ClNO2S. The van der Waals surface area contributed by atoms with Crippen molar-refractivity contribution >= 4 is 22.9 Å². The summed E-state index contributed by atoms with van der Waals surface area (Å²) in [5.41, 5.74) is -0.772. The Balaban J connectivity index is 2.19. The maximum absolute atomic E-state index is 9.80. The first kappa shape index (κ1) is 13.6. The lowest BCUT2D eigenvalue weighted by Crippen LogP contribution is -2.36. The normalized spacial score (nSPS) is 13.8. The van der Waals surface area contributed by atoms with Gasteiger partial charge >= 0.3 is 0 Å². The van der Waals surface area contributed by atoms with Crippen LogP contribution in [0.25, 0.3) is 0 Å². The fourth-order valence-corrected chi connectivity index (χ4v) is 2.78. The van der Waals surface area contributed by atoms with E-state index >= 15 is 0 Å². The molecule has 0 aromatic carbocycles. The molecule has 1 atom stereocenters. The van der Waals surface area contributed by atoms with Gasteiger partial charge in [0, 0.05) is 11.4 Å². The lowest BCUT2D eigenvalue weighted by molar-refractivity contribution is 0.0772. The molecule has 18 heavy (non-hydrogen) atoms. The predicted octanol–water partition coefficient (Wildman–Crippen LogP) is 3.44. The van der Waals surface area contributed by atoms with Gasteiger partial charge < -0.3 is 14.8 Å². The number of hydrogen-bond donors (Lipinski definition) is 2. The number of nitrogens with one attached hydrogen (secondary N) is 1. The highest BCUT2D eigenvalue weighted by Gasteiger charge is 2.21. The highest BCUT2D eigenvalue weighted by atomic mass is 35.5. The van der Waals surface area contributed by atoms with Crippen LogP contribution in [0.4, 0.5) is 0 Å². The van der Waals surface area contributed by atoms with Gasteiger partial charge in [0.15, 0.2) is 0 Å². The zero-order chi connectivity index (χ0) is 13.2. The van der Waals surface area contributed by atoms with Crippen LogP contribution in [-0.2, 0) is 0 Å². The number of hydrogen-bond acceptors (Lipinski definition) is 4. The Labute approximate surface area is 115 Å². The predicted molar refractivity (Wildman–Crippen MR) is 74.2 cm³/mol. The molecule has 0 saturated heterocycles. The Morgan fingerprint density at radius 1 is 1.44 bits per heavy atom. The van der Waals surface area contributed by atoms with Crippen LogP contribution in [0, 0.1) is 0 Å². The monoisotopic (exact) mass is 285 g/mol. The van der Waals surface area contributed by atoms with Gasteiger partial charge in [-0.05, 0) is 38.1 Å². The van der Waals surface area contributed by atoms with Crippen molar-refractivity contribution in [1.82, 2.24) is 5.32 Å². The lowest BCUT2D eigenvalue weighted by atomic mass is 10.1. The fraction of sp³-hybridized carbons (Fsp3) is 0.385. The largest absolute Gasteiger partial charge is 0.467 e. The summed E-state index contributed by atoms with van der Waals surface area (Å²) in [6.45, 7) is 4.00. The van der Waals surface area contributed by atoms with E-state index in [1.54, 1.807) is 20.1 Å². The van der Waals surface area contributed by atoms with Gasteiger partial charge in [-0.1, -0.05) is 11.6 Å².